The lowest BCUT2D eigenvalue weighted by atomic mass is 10.0. The molecule has 137 heavy (non-hydrogen) atoms. The lowest BCUT2D eigenvalue weighted by Crippen LogP contribution is -2.47. The summed E-state index contributed by atoms with van der Waals surface area (Å²) in [7, 11) is 5.25. The molecular weight excluding hydrogens is 1780 g/mol. The summed E-state index contributed by atoms with van der Waals surface area (Å²) in [6.07, 6.45) is -0.942. The van der Waals surface area contributed by atoms with Crippen LogP contribution in [0.15, 0.2) is 222 Å². The van der Waals surface area contributed by atoms with Crippen molar-refractivity contribution >= 4 is 86.1 Å². The quantitative estimate of drug-likeness (QED) is 0.0352. The lowest BCUT2D eigenvalue weighted by Gasteiger charge is -2.39. The molecule has 0 radical (unpaired) electrons. The van der Waals surface area contributed by atoms with Crippen molar-refractivity contribution in [1.29, 1.82) is 0 Å². The summed E-state index contributed by atoms with van der Waals surface area (Å²) in [4.78, 5) is 128. The summed E-state index contributed by atoms with van der Waals surface area (Å²) < 4.78 is 72.6. The van der Waals surface area contributed by atoms with E-state index in [0.717, 1.165) is 75.1 Å². The van der Waals surface area contributed by atoms with E-state index in [-0.39, 0.29) is 60.2 Å². The second kappa shape index (κ2) is 43.8. The molecule has 6 aliphatic heterocycles. The molecule has 3 saturated heterocycles. The first-order chi connectivity index (χ1) is 65.8. The standard InChI is InChI=1S/C36H44N4O6.C35H42N4O6.C34H36N4O6S2/c1-24(25-11-8-7-9-12-25)38-19-21-39(22-20-38)29-14-10-13-27-32(29)34(42)40(33(27)41)28(17-18-37-35(43)46-36(2,3)4)26-15-16-30(44-5)31(23-26)45-6;1-23(24-11-8-7-9-12-24)37-17-19-38(20-18-37)27-14-10-13-26-31(27)33(41)39(32(26)40)28(22-36-34(42)45-35(2,3)4)25-15-16-29(43-5)30(21-25)44-6;1-23(24-9-5-4-6-10-24)36-16-18-37(19-17-36)27-12-7-11-26-32(27)34(40)38(33(26)39)28(22-35-46(41,42)31-13-8-20-45-31)25-14-15-29(43-2)30(21-25)44-3/h7-16,23-24,28H,17-22H2,1-6H3,(H,37,43);7-16,21,23,28H,17-20,22H2,1-6H3,(H,36,42);4-15,20-21,23,28,35H,16-19,22H2,1-3H3/t24-,28?;2*23-,28?/m111/s1. The number of nitrogens with one attached hydrogen (secondary N) is 3. The van der Waals surface area contributed by atoms with Crippen LogP contribution in [0.3, 0.4) is 0 Å². The van der Waals surface area contributed by atoms with E-state index in [0.29, 0.717) is 116 Å². The molecule has 30 nitrogen and oxygen atoms in total. The SMILES string of the molecule is COc1ccc(C(CCNC(=O)OC(C)(C)C)N2C(=O)c3cccc(N4CCN([C@H](C)c5ccccc5)CC4)c3C2=O)cc1OC.COc1ccc(C(CNC(=O)OC(C)(C)C)N2C(=O)c3cccc(N4CCN([C@H](C)c5ccccc5)CC4)c3C2=O)cc1OC.COc1ccc(C(CNS(=O)(=O)c2cccs2)N2C(=O)c3cccc(N4CCN([C@H](C)c5ccccc5)CC4)c3C2=O)cc1OC. The van der Waals surface area contributed by atoms with Gasteiger partial charge in [0, 0.05) is 116 Å². The summed E-state index contributed by atoms with van der Waals surface area (Å²) >= 11 is 1.09. The van der Waals surface area contributed by atoms with Gasteiger partial charge in [0.25, 0.3) is 35.4 Å². The van der Waals surface area contributed by atoms with Crippen molar-refractivity contribution < 1.29 is 84.7 Å². The maximum absolute atomic E-state index is 14.3. The third-order valence-corrected chi connectivity index (χ3v) is 28.5. The summed E-state index contributed by atoms with van der Waals surface area (Å²) in [5.74, 6) is 0.327. The molecule has 0 aliphatic carbocycles. The van der Waals surface area contributed by atoms with Crippen LogP contribution in [0.25, 0.3) is 0 Å². The highest BCUT2D eigenvalue weighted by atomic mass is 32.2. The van der Waals surface area contributed by atoms with Crippen molar-refractivity contribution in [2.45, 2.75) is 120 Å². The fourth-order valence-corrected chi connectivity index (χ4v) is 20.6. The van der Waals surface area contributed by atoms with Crippen LogP contribution in [0.2, 0.25) is 0 Å². The van der Waals surface area contributed by atoms with Gasteiger partial charge >= 0.3 is 12.2 Å². The van der Waals surface area contributed by atoms with Crippen molar-refractivity contribution in [3.05, 3.63) is 284 Å². The average Bonchev–Trinajstić information content (AvgIpc) is 1.60. The Balaban J connectivity index is 0.000000164. The molecule has 3 fully saturated rings. The van der Waals surface area contributed by atoms with Crippen LogP contribution in [0.5, 0.6) is 34.5 Å². The minimum absolute atomic E-state index is 0.0543. The van der Waals surface area contributed by atoms with Crippen molar-refractivity contribution in [1.82, 2.24) is 44.8 Å². The largest absolute Gasteiger partial charge is 0.493 e. The Hall–Kier alpha value is -13.4. The first kappa shape index (κ1) is 99.6. The molecule has 6 aliphatic rings. The van der Waals surface area contributed by atoms with E-state index in [1.807, 2.05) is 66.7 Å². The monoisotopic (exact) mass is 1900 g/mol. The van der Waals surface area contributed by atoms with Gasteiger partial charge in [-0.25, -0.2) is 22.7 Å². The van der Waals surface area contributed by atoms with Crippen LogP contribution < -0.4 is 58.5 Å². The van der Waals surface area contributed by atoms with Gasteiger partial charge in [-0.3, -0.25) is 58.2 Å². The fraction of sp³-hybridized carbons (Fsp3) is 0.371. The van der Waals surface area contributed by atoms with Crippen LogP contribution in [0.4, 0.5) is 26.7 Å². The first-order valence-electron chi connectivity index (χ1n) is 46.0. The van der Waals surface area contributed by atoms with Crippen molar-refractivity contribution in [2.24, 2.45) is 0 Å². The number of alkyl carbamates (subject to hydrolysis) is 2. The number of hydrogen-bond donors (Lipinski definition) is 3. The van der Waals surface area contributed by atoms with Crippen LogP contribution in [-0.4, -0.2) is 237 Å². The Morgan fingerprint density at radius 1 is 0.350 bits per heavy atom. The smallest absolute Gasteiger partial charge is 0.407 e. The zero-order chi connectivity index (χ0) is 97.7. The molecule has 6 atom stereocenters. The molecule has 722 valence electrons. The fourth-order valence-electron chi connectivity index (χ4n) is 18.5. The molecule has 3 N–H and O–H groups in total. The van der Waals surface area contributed by atoms with Gasteiger partial charge in [-0.1, -0.05) is 133 Å². The van der Waals surface area contributed by atoms with Crippen molar-refractivity contribution in [3.63, 3.8) is 0 Å². The predicted octanol–water partition coefficient (Wildman–Crippen LogP) is 16.3. The topological polar surface area (TPSA) is 310 Å². The number of hydrogen-bond acceptors (Lipinski definition) is 25. The predicted molar refractivity (Wildman–Crippen MR) is 526 cm³/mol. The maximum atomic E-state index is 14.3. The highest BCUT2D eigenvalue weighted by molar-refractivity contribution is 7.91. The number of benzene rings is 9. The van der Waals surface area contributed by atoms with Gasteiger partial charge in [-0.15, -0.1) is 11.3 Å². The van der Waals surface area contributed by atoms with Crippen molar-refractivity contribution in [3.8, 4) is 34.5 Å². The number of thiophene rings is 1. The van der Waals surface area contributed by atoms with E-state index in [4.69, 9.17) is 37.9 Å². The third-order valence-electron chi connectivity index (χ3n) is 25.7. The maximum Gasteiger partial charge on any atom is 0.407 e. The van der Waals surface area contributed by atoms with Gasteiger partial charge < -0.3 is 63.2 Å². The number of carbonyl (C=O) groups is 8. The normalized spacial score (nSPS) is 16.7. The molecule has 7 heterocycles. The number of fused-ring (bicyclic) bond motifs is 3. The minimum Gasteiger partial charge on any atom is -0.493 e. The minimum atomic E-state index is -3.89. The van der Waals surface area contributed by atoms with Crippen LogP contribution in [0.1, 0.15) is 201 Å². The average molecular weight is 1900 g/mol. The van der Waals surface area contributed by atoms with Gasteiger partial charge in [0.05, 0.1) is 111 Å². The Kier molecular flexibility index (Phi) is 31.8. The van der Waals surface area contributed by atoms with E-state index in [9.17, 15) is 46.8 Å². The molecule has 0 spiro atoms. The van der Waals surface area contributed by atoms with E-state index >= 15 is 0 Å². The third kappa shape index (κ3) is 22.5. The van der Waals surface area contributed by atoms with Crippen LogP contribution >= 0.6 is 11.3 Å². The molecule has 10 aromatic rings. The van der Waals surface area contributed by atoms with Crippen molar-refractivity contribution in [2.75, 3.05) is 156 Å². The van der Waals surface area contributed by atoms with Gasteiger partial charge in [0.15, 0.2) is 34.5 Å². The zero-order valence-corrected chi connectivity index (χ0v) is 81.9. The van der Waals surface area contributed by atoms with E-state index in [2.05, 4.69) is 126 Å². The second-order valence-corrected chi connectivity index (χ2v) is 39.1. The molecule has 32 heteroatoms. The van der Waals surface area contributed by atoms with E-state index in [1.54, 1.807) is 133 Å². The molecule has 1 aromatic heterocycles. The molecule has 0 bridgehead atoms. The number of rotatable bonds is 30. The van der Waals surface area contributed by atoms with E-state index in [1.165, 1.54) is 73.0 Å². The van der Waals surface area contributed by atoms with E-state index < -0.39 is 75.2 Å². The Morgan fingerprint density at radius 3 is 0.978 bits per heavy atom. The summed E-state index contributed by atoms with van der Waals surface area (Å²) in [6, 6.07) is 64.6. The van der Waals surface area contributed by atoms with Crippen LogP contribution in [-0.2, 0) is 19.5 Å². The first-order valence-corrected chi connectivity index (χ1v) is 48.4. The number of amides is 8. The highest BCUT2D eigenvalue weighted by Crippen LogP contribution is 2.45. The number of carbonyl (C=O) groups excluding carboxylic acids is 8. The zero-order valence-electron chi connectivity index (χ0n) is 80.3. The van der Waals surface area contributed by atoms with Gasteiger partial charge in [0.1, 0.15) is 15.4 Å². The Morgan fingerprint density at radius 2 is 0.664 bits per heavy atom. The molecule has 0 saturated carbocycles. The Bertz CT molecular complexity index is 6100. The number of ether oxygens (including phenoxy) is 8. The second-order valence-electron chi connectivity index (χ2n) is 36.1. The summed E-state index contributed by atoms with van der Waals surface area (Å²) in [5.41, 5.74) is 8.61. The summed E-state index contributed by atoms with van der Waals surface area (Å²) in [5, 5.41) is 7.21. The van der Waals surface area contributed by atoms with Crippen LogP contribution in [0, 0.1) is 0 Å². The number of imide groups is 3. The number of sulfonamides is 1. The molecule has 16 rings (SSSR count). The molecule has 9 aromatic carbocycles. The molecule has 3 unspecified atom stereocenters. The lowest BCUT2D eigenvalue weighted by molar-refractivity contribution is 0.0467. The number of anilines is 3. The Labute approximate surface area is 805 Å². The number of nitrogens with zero attached hydrogens (tertiary/aromatic N) is 9. The summed E-state index contributed by atoms with van der Waals surface area (Å²) in [6.45, 7) is 26.4. The number of piperazine rings is 3. The molecular formula is C105H122N12O18S2. The number of methoxy groups -OCH3 is 6. The van der Waals surface area contributed by atoms with Gasteiger partial charge in [0.2, 0.25) is 10.0 Å². The van der Waals surface area contributed by atoms with Gasteiger partial charge in [-0.2, -0.15) is 0 Å². The highest BCUT2D eigenvalue weighted by Gasteiger charge is 2.48. The molecule has 8 amide bonds. The van der Waals surface area contributed by atoms with Gasteiger partial charge in [-0.05, 0) is 186 Å².